The molecule has 0 amide bonds. The fourth-order valence-electron chi connectivity index (χ4n) is 0.912. The van der Waals surface area contributed by atoms with E-state index in [4.69, 9.17) is 16.3 Å². The van der Waals surface area contributed by atoms with E-state index < -0.39 is 6.10 Å². The Balaban J connectivity index is 3.12. The molecule has 0 saturated carbocycles. The molecule has 0 aromatic carbocycles. The van der Waals surface area contributed by atoms with Crippen LogP contribution in [0.1, 0.15) is 18.6 Å². The Morgan fingerprint density at radius 2 is 2.33 bits per heavy atom. The van der Waals surface area contributed by atoms with Crippen LogP contribution in [0.25, 0.3) is 0 Å². The smallest absolute Gasteiger partial charge is 0.218 e. The monoisotopic (exact) mass is 187 g/mol. The number of hydrogen-bond acceptors (Lipinski definition) is 3. The fraction of sp³-hybridized carbons (Fsp3) is 0.375. The summed E-state index contributed by atoms with van der Waals surface area (Å²) in [6.07, 6.45) is 0.859. The number of halogens is 1. The van der Waals surface area contributed by atoms with Crippen molar-refractivity contribution in [3.8, 4) is 5.88 Å². The standard InChI is InChI=1S/C8H10ClNO2/c1-5(11)7-3-6(9)4-10-8(7)12-2/h3-5,11H,1-2H3. The average Bonchev–Trinajstić information content (AvgIpc) is 2.04. The van der Waals surface area contributed by atoms with E-state index in [0.717, 1.165) is 0 Å². The van der Waals surface area contributed by atoms with Gasteiger partial charge in [-0.15, -0.1) is 0 Å². The van der Waals surface area contributed by atoms with Crippen molar-refractivity contribution < 1.29 is 9.84 Å². The maximum atomic E-state index is 9.28. The fourth-order valence-corrected chi connectivity index (χ4v) is 1.08. The summed E-state index contributed by atoms with van der Waals surface area (Å²) in [7, 11) is 1.50. The van der Waals surface area contributed by atoms with E-state index in [1.165, 1.54) is 13.3 Å². The second-order valence-corrected chi connectivity index (χ2v) is 2.86. The van der Waals surface area contributed by atoms with Crippen molar-refractivity contribution in [1.82, 2.24) is 4.98 Å². The molecule has 1 heterocycles. The molecule has 0 saturated heterocycles. The largest absolute Gasteiger partial charge is 0.481 e. The van der Waals surface area contributed by atoms with Gasteiger partial charge in [-0.05, 0) is 13.0 Å². The lowest BCUT2D eigenvalue weighted by molar-refractivity contribution is 0.193. The maximum absolute atomic E-state index is 9.28. The molecule has 1 N–H and O–H groups in total. The van der Waals surface area contributed by atoms with Gasteiger partial charge in [0, 0.05) is 11.8 Å². The lowest BCUT2D eigenvalue weighted by Crippen LogP contribution is -1.98. The summed E-state index contributed by atoms with van der Waals surface area (Å²) < 4.78 is 4.93. The third-order valence-electron chi connectivity index (χ3n) is 1.49. The van der Waals surface area contributed by atoms with Gasteiger partial charge in [0.25, 0.3) is 0 Å². The molecule has 1 atom stereocenters. The molecule has 0 aliphatic heterocycles. The highest BCUT2D eigenvalue weighted by Gasteiger charge is 2.09. The van der Waals surface area contributed by atoms with E-state index in [1.54, 1.807) is 13.0 Å². The van der Waals surface area contributed by atoms with Crippen LogP contribution in [0, 0.1) is 0 Å². The van der Waals surface area contributed by atoms with Gasteiger partial charge in [0.1, 0.15) is 0 Å². The normalized spacial score (nSPS) is 12.7. The molecular formula is C8H10ClNO2. The van der Waals surface area contributed by atoms with E-state index in [0.29, 0.717) is 16.5 Å². The quantitative estimate of drug-likeness (QED) is 0.768. The molecule has 1 unspecified atom stereocenters. The highest BCUT2D eigenvalue weighted by atomic mass is 35.5. The second-order valence-electron chi connectivity index (χ2n) is 2.43. The Labute approximate surface area is 76.0 Å². The summed E-state index contributed by atoms with van der Waals surface area (Å²) in [5.74, 6) is 0.411. The SMILES string of the molecule is COc1ncc(Cl)cc1C(C)O. The first-order chi connectivity index (χ1) is 5.65. The molecular weight excluding hydrogens is 178 g/mol. The topological polar surface area (TPSA) is 42.4 Å². The average molecular weight is 188 g/mol. The van der Waals surface area contributed by atoms with Crippen LogP contribution in [0.4, 0.5) is 0 Å². The predicted molar refractivity (Wildman–Crippen MR) is 46.4 cm³/mol. The minimum Gasteiger partial charge on any atom is -0.481 e. The van der Waals surface area contributed by atoms with Crippen molar-refractivity contribution in [2.24, 2.45) is 0 Å². The van der Waals surface area contributed by atoms with E-state index in [-0.39, 0.29) is 0 Å². The molecule has 4 heteroatoms. The van der Waals surface area contributed by atoms with Gasteiger partial charge in [0.2, 0.25) is 5.88 Å². The van der Waals surface area contributed by atoms with Crippen molar-refractivity contribution in [2.45, 2.75) is 13.0 Å². The molecule has 0 bridgehead atoms. The van der Waals surface area contributed by atoms with Crippen LogP contribution in [0.5, 0.6) is 5.88 Å². The van der Waals surface area contributed by atoms with Gasteiger partial charge in [-0.1, -0.05) is 11.6 Å². The van der Waals surface area contributed by atoms with E-state index >= 15 is 0 Å². The van der Waals surface area contributed by atoms with E-state index in [9.17, 15) is 5.11 Å². The molecule has 0 aliphatic rings. The molecule has 12 heavy (non-hydrogen) atoms. The minimum atomic E-state index is -0.619. The molecule has 3 nitrogen and oxygen atoms in total. The zero-order valence-corrected chi connectivity index (χ0v) is 7.67. The lowest BCUT2D eigenvalue weighted by atomic mass is 10.2. The van der Waals surface area contributed by atoms with Gasteiger partial charge in [-0.2, -0.15) is 0 Å². The third-order valence-corrected chi connectivity index (χ3v) is 1.70. The van der Waals surface area contributed by atoms with Crippen LogP contribution in [-0.2, 0) is 0 Å². The van der Waals surface area contributed by atoms with Gasteiger partial charge in [-0.3, -0.25) is 0 Å². The van der Waals surface area contributed by atoms with Crippen molar-refractivity contribution in [2.75, 3.05) is 7.11 Å². The number of ether oxygens (including phenoxy) is 1. The van der Waals surface area contributed by atoms with Crippen molar-refractivity contribution in [3.05, 3.63) is 22.8 Å². The lowest BCUT2D eigenvalue weighted by Gasteiger charge is -2.09. The Hall–Kier alpha value is -0.800. The zero-order valence-electron chi connectivity index (χ0n) is 6.91. The molecule has 1 aromatic heterocycles. The zero-order chi connectivity index (χ0) is 9.14. The van der Waals surface area contributed by atoms with Crippen LogP contribution in [0.2, 0.25) is 5.02 Å². The summed E-state index contributed by atoms with van der Waals surface area (Å²) in [4.78, 5) is 3.90. The highest BCUT2D eigenvalue weighted by Crippen LogP contribution is 2.24. The van der Waals surface area contributed by atoms with Crippen LogP contribution in [0.15, 0.2) is 12.3 Å². The molecule has 0 aliphatic carbocycles. The van der Waals surface area contributed by atoms with Gasteiger partial charge in [0.15, 0.2) is 0 Å². The van der Waals surface area contributed by atoms with Crippen molar-refractivity contribution >= 4 is 11.6 Å². The van der Waals surface area contributed by atoms with E-state index in [2.05, 4.69) is 4.98 Å². The molecule has 1 aromatic rings. The first-order valence-corrected chi connectivity index (χ1v) is 3.90. The summed E-state index contributed by atoms with van der Waals surface area (Å²) >= 11 is 5.69. The number of aliphatic hydroxyl groups is 1. The number of nitrogens with zero attached hydrogens (tertiary/aromatic N) is 1. The first-order valence-electron chi connectivity index (χ1n) is 3.52. The second kappa shape index (κ2) is 3.74. The number of hydrogen-bond donors (Lipinski definition) is 1. The number of methoxy groups -OCH3 is 1. The summed E-state index contributed by atoms with van der Waals surface area (Å²) in [6, 6.07) is 1.64. The predicted octanol–water partition coefficient (Wildman–Crippen LogP) is 1.80. The minimum absolute atomic E-state index is 0.411. The number of aromatic nitrogens is 1. The van der Waals surface area contributed by atoms with Crippen molar-refractivity contribution in [1.29, 1.82) is 0 Å². The van der Waals surface area contributed by atoms with Crippen molar-refractivity contribution in [3.63, 3.8) is 0 Å². The number of aliphatic hydroxyl groups excluding tert-OH is 1. The molecule has 0 fully saturated rings. The van der Waals surface area contributed by atoms with E-state index in [1.807, 2.05) is 0 Å². The van der Waals surface area contributed by atoms with Gasteiger partial charge < -0.3 is 9.84 Å². The molecule has 0 radical (unpaired) electrons. The maximum Gasteiger partial charge on any atom is 0.218 e. The van der Waals surface area contributed by atoms with Crippen LogP contribution < -0.4 is 4.74 Å². The molecule has 66 valence electrons. The van der Waals surface area contributed by atoms with Gasteiger partial charge >= 0.3 is 0 Å². The summed E-state index contributed by atoms with van der Waals surface area (Å²) in [5, 5.41) is 9.77. The van der Waals surface area contributed by atoms with Gasteiger partial charge in [0.05, 0.1) is 18.2 Å². The highest BCUT2D eigenvalue weighted by molar-refractivity contribution is 6.30. The summed E-state index contributed by atoms with van der Waals surface area (Å²) in [5.41, 5.74) is 0.602. The Morgan fingerprint density at radius 3 is 2.83 bits per heavy atom. The molecule has 1 rings (SSSR count). The summed E-state index contributed by atoms with van der Waals surface area (Å²) in [6.45, 7) is 1.63. The molecule has 0 spiro atoms. The third kappa shape index (κ3) is 1.87. The Bertz CT molecular complexity index is 276. The number of rotatable bonds is 2. The van der Waals surface area contributed by atoms with Gasteiger partial charge in [-0.25, -0.2) is 4.98 Å². The van der Waals surface area contributed by atoms with Crippen LogP contribution in [0.3, 0.4) is 0 Å². The first kappa shape index (κ1) is 9.29. The van der Waals surface area contributed by atoms with Crippen LogP contribution in [-0.4, -0.2) is 17.2 Å². The Kier molecular flexibility index (Phi) is 2.89. The Morgan fingerprint density at radius 1 is 1.67 bits per heavy atom. The number of pyridine rings is 1. The van der Waals surface area contributed by atoms with Crippen LogP contribution >= 0.6 is 11.6 Å².